The molecule has 1 fully saturated rings. The quantitative estimate of drug-likeness (QED) is 0.308. The summed E-state index contributed by atoms with van der Waals surface area (Å²) < 4.78 is 16.5. The molecule has 8 heteroatoms. The predicted molar refractivity (Wildman–Crippen MR) is 135 cm³/mol. The molecule has 180 valence electrons. The van der Waals surface area contributed by atoms with E-state index in [0.29, 0.717) is 30.3 Å². The van der Waals surface area contributed by atoms with Crippen molar-refractivity contribution in [3.05, 3.63) is 76.7 Å². The number of carbonyl (C=O) groups is 3. The predicted octanol–water partition coefficient (Wildman–Crippen LogP) is 5.42. The van der Waals surface area contributed by atoms with Crippen LogP contribution in [-0.2, 0) is 20.9 Å². The lowest BCUT2D eigenvalue weighted by atomic mass is 10.1. The number of benzene rings is 3. The highest BCUT2D eigenvalue weighted by molar-refractivity contribution is 8.18. The minimum Gasteiger partial charge on any atom is -0.490 e. The highest BCUT2D eigenvalue weighted by atomic mass is 32.2. The summed E-state index contributed by atoms with van der Waals surface area (Å²) >= 11 is 0.783. The molecular formula is C27H25NO6S. The van der Waals surface area contributed by atoms with Crippen molar-refractivity contribution >= 4 is 45.7 Å². The van der Waals surface area contributed by atoms with Crippen LogP contribution in [0.3, 0.4) is 0 Å². The molecular weight excluding hydrogens is 466 g/mol. The molecule has 7 nitrogen and oxygen atoms in total. The Labute approximate surface area is 207 Å². The monoisotopic (exact) mass is 491 g/mol. The van der Waals surface area contributed by atoms with Crippen molar-refractivity contribution in [3.8, 4) is 11.5 Å². The molecule has 0 aliphatic carbocycles. The fourth-order valence-corrected chi connectivity index (χ4v) is 4.64. The van der Waals surface area contributed by atoms with Crippen molar-refractivity contribution in [1.29, 1.82) is 0 Å². The van der Waals surface area contributed by atoms with Gasteiger partial charge in [0.15, 0.2) is 11.5 Å². The van der Waals surface area contributed by atoms with Gasteiger partial charge >= 0.3 is 5.97 Å². The normalized spacial score (nSPS) is 15.5. The zero-order chi connectivity index (χ0) is 24.9. The van der Waals surface area contributed by atoms with Crippen molar-refractivity contribution in [2.24, 2.45) is 0 Å². The summed E-state index contributed by atoms with van der Waals surface area (Å²) in [6, 6.07) is 18.7. The Kier molecular flexibility index (Phi) is 7.41. The van der Waals surface area contributed by atoms with Gasteiger partial charge < -0.3 is 14.2 Å². The van der Waals surface area contributed by atoms with Crippen LogP contribution in [0.15, 0.2) is 65.6 Å². The highest BCUT2D eigenvalue weighted by Gasteiger charge is 2.41. The van der Waals surface area contributed by atoms with Gasteiger partial charge in [-0.2, -0.15) is 0 Å². The lowest BCUT2D eigenvalue weighted by Gasteiger charge is -2.18. The van der Waals surface area contributed by atoms with Gasteiger partial charge in [-0.25, -0.2) is 4.79 Å². The van der Waals surface area contributed by atoms with Crippen molar-refractivity contribution in [2.45, 2.75) is 26.5 Å². The Balaban J connectivity index is 1.52. The molecule has 0 bridgehead atoms. The number of hydrogen-bond acceptors (Lipinski definition) is 7. The molecule has 0 saturated carbocycles. The summed E-state index contributed by atoms with van der Waals surface area (Å²) in [6.07, 6.45) is 1.60. The standard InChI is InChI=1S/C27H25NO6S/c1-4-33-23-14-18(15-24-25(29)28(27(31)35-24)17(2)26(30)32-3)10-12-22(23)34-16-19-9-11-20-7-5-6-8-21(20)13-19/h5-15,17H,4,16H2,1-3H3/b24-15+/t17-/m0/s1. The van der Waals surface area contributed by atoms with E-state index in [2.05, 4.69) is 29.0 Å². The van der Waals surface area contributed by atoms with Gasteiger partial charge in [0.1, 0.15) is 12.6 Å². The Hall–Kier alpha value is -3.78. The first-order valence-corrected chi connectivity index (χ1v) is 11.9. The van der Waals surface area contributed by atoms with E-state index in [1.54, 1.807) is 24.3 Å². The molecule has 1 heterocycles. The maximum Gasteiger partial charge on any atom is 0.328 e. The Morgan fingerprint density at radius 3 is 2.51 bits per heavy atom. The van der Waals surface area contributed by atoms with Crippen LogP contribution >= 0.6 is 11.8 Å². The molecule has 1 aliphatic rings. The van der Waals surface area contributed by atoms with Crippen molar-refractivity contribution < 1.29 is 28.6 Å². The molecule has 3 aromatic carbocycles. The van der Waals surface area contributed by atoms with E-state index >= 15 is 0 Å². The lowest BCUT2D eigenvalue weighted by molar-refractivity contribution is -0.148. The number of ether oxygens (including phenoxy) is 3. The Morgan fingerprint density at radius 1 is 1.00 bits per heavy atom. The number of hydrogen-bond donors (Lipinski definition) is 0. The number of fused-ring (bicyclic) bond motifs is 1. The maximum absolute atomic E-state index is 12.8. The van der Waals surface area contributed by atoms with Gasteiger partial charge in [-0.15, -0.1) is 0 Å². The molecule has 2 amide bonds. The number of esters is 1. The summed E-state index contributed by atoms with van der Waals surface area (Å²) in [7, 11) is 1.21. The second-order valence-electron chi connectivity index (χ2n) is 7.86. The maximum atomic E-state index is 12.8. The van der Waals surface area contributed by atoms with Crippen LogP contribution in [0.5, 0.6) is 11.5 Å². The van der Waals surface area contributed by atoms with E-state index < -0.39 is 23.2 Å². The first-order valence-electron chi connectivity index (χ1n) is 11.1. The van der Waals surface area contributed by atoms with Crippen LogP contribution in [0.1, 0.15) is 25.0 Å². The SMILES string of the molecule is CCOc1cc(/C=C2/SC(=O)N([C@@H](C)C(=O)OC)C2=O)ccc1OCc1ccc2ccccc2c1. The average molecular weight is 492 g/mol. The third-order valence-corrected chi connectivity index (χ3v) is 6.41. The van der Waals surface area contributed by atoms with E-state index in [9.17, 15) is 14.4 Å². The van der Waals surface area contributed by atoms with E-state index in [0.717, 1.165) is 27.6 Å². The van der Waals surface area contributed by atoms with Crippen LogP contribution in [0, 0.1) is 0 Å². The summed E-state index contributed by atoms with van der Waals surface area (Å²) in [5, 5.41) is 1.80. The average Bonchev–Trinajstić information content (AvgIpc) is 3.14. The van der Waals surface area contributed by atoms with Crippen LogP contribution < -0.4 is 9.47 Å². The fraction of sp³-hybridized carbons (Fsp3) is 0.222. The van der Waals surface area contributed by atoms with Crippen LogP contribution in [-0.4, -0.2) is 41.8 Å². The van der Waals surface area contributed by atoms with Gasteiger partial charge in [-0.1, -0.05) is 42.5 Å². The number of carbonyl (C=O) groups excluding carboxylic acids is 3. The van der Waals surface area contributed by atoms with Gasteiger partial charge in [0.2, 0.25) is 0 Å². The number of amides is 2. The zero-order valence-corrected chi connectivity index (χ0v) is 20.5. The molecule has 1 atom stereocenters. The summed E-state index contributed by atoms with van der Waals surface area (Å²) in [6.45, 7) is 4.14. The largest absolute Gasteiger partial charge is 0.490 e. The Morgan fingerprint density at radius 2 is 1.77 bits per heavy atom. The third kappa shape index (κ3) is 5.33. The molecule has 1 aliphatic heterocycles. The van der Waals surface area contributed by atoms with E-state index in [4.69, 9.17) is 9.47 Å². The summed E-state index contributed by atoms with van der Waals surface area (Å²) in [5.74, 6) is -0.0821. The second kappa shape index (κ2) is 10.7. The topological polar surface area (TPSA) is 82.1 Å². The van der Waals surface area contributed by atoms with Gasteiger partial charge in [0, 0.05) is 0 Å². The molecule has 1 saturated heterocycles. The van der Waals surface area contributed by atoms with Crippen LogP contribution in [0.25, 0.3) is 16.8 Å². The third-order valence-electron chi connectivity index (χ3n) is 5.53. The molecule has 35 heavy (non-hydrogen) atoms. The number of methoxy groups -OCH3 is 1. The molecule has 0 aromatic heterocycles. The first kappa shape index (κ1) is 24.3. The van der Waals surface area contributed by atoms with Gasteiger partial charge in [-0.05, 0) is 71.8 Å². The summed E-state index contributed by atoms with van der Waals surface area (Å²) in [4.78, 5) is 38.1. The molecule has 0 unspecified atom stereocenters. The van der Waals surface area contributed by atoms with Crippen molar-refractivity contribution in [2.75, 3.05) is 13.7 Å². The van der Waals surface area contributed by atoms with Gasteiger partial charge in [-0.3, -0.25) is 14.5 Å². The van der Waals surface area contributed by atoms with Crippen molar-refractivity contribution in [1.82, 2.24) is 4.90 Å². The molecule has 4 rings (SSSR count). The number of rotatable bonds is 8. The molecule has 0 radical (unpaired) electrons. The number of imide groups is 1. The minimum atomic E-state index is -0.997. The second-order valence-corrected chi connectivity index (χ2v) is 8.85. The highest BCUT2D eigenvalue weighted by Crippen LogP contribution is 2.36. The first-order chi connectivity index (χ1) is 16.9. The fourth-order valence-electron chi connectivity index (χ4n) is 3.73. The minimum absolute atomic E-state index is 0.220. The van der Waals surface area contributed by atoms with Gasteiger partial charge in [0.05, 0.1) is 18.6 Å². The molecule has 0 N–H and O–H groups in total. The van der Waals surface area contributed by atoms with Gasteiger partial charge in [0.25, 0.3) is 11.1 Å². The van der Waals surface area contributed by atoms with E-state index in [1.807, 2.05) is 25.1 Å². The molecule has 0 spiro atoms. The van der Waals surface area contributed by atoms with E-state index in [-0.39, 0.29) is 4.91 Å². The lowest BCUT2D eigenvalue weighted by Crippen LogP contribution is -2.42. The molecule has 3 aromatic rings. The summed E-state index contributed by atoms with van der Waals surface area (Å²) in [5.41, 5.74) is 1.70. The van der Waals surface area contributed by atoms with Crippen LogP contribution in [0.2, 0.25) is 0 Å². The van der Waals surface area contributed by atoms with Crippen LogP contribution in [0.4, 0.5) is 4.79 Å². The number of nitrogens with zero attached hydrogens (tertiary/aromatic N) is 1. The zero-order valence-electron chi connectivity index (χ0n) is 19.6. The van der Waals surface area contributed by atoms with Crippen molar-refractivity contribution in [3.63, 3.8) is 0 Å². The smallest absolute Gasteiger partial charge is 0.328 e. The number of thioether (sulfide) groups is 1. The van der Waals surface area contributed by atoms with E-state index in [1.165, 1.54) is 19.4 Å². The Bertz CT molecular complexity index is 1320.